The Bertz CT molecular complexity index is 572. The molecule has 2 aromatic rings. The molecule has 0 aliphatic rings. The largest absolute Gasteiger partial charge is 0.504 e. The highest BCUT2D eigenvalue weighted by atomic mass is 16.5. The van der Waals surface area contributed by atoms with Gasteiger partial charge >= 0.3 is 0 Å². The summed E-state index contributed by atoms with van der Waals surface area (Å²) >= 11 is 0. The molecule has 0 saturated carbocycles. The molecule has 0 fully saturated rings. The average Bonchev–Trinajstić information content (AvgIpc) is 2.53. The van der Waals surface area contributed by atoms with Crippen LogP contribution in [0.5, 0.6) is 11.5 Å². The summed E-state index contributed by atoms with van der Waals surface area (Å²) in [4.78, 5) is 2.10. The van der Waals surface area contributed by atoms with Gasteiger partial charge in [-0.25, -0.2) is 0 Å². The third-order valence-corrected chi connectivity index (χ3v) is 3.44. The van der Waals surface area contributed by atoms with Crippen molar-refractivity contribution in [3.05, 3.63) is 59.7 Å². The van der Waals surface area contributed by atoms with E-state index < -0.39 is 0 Å². The average molecular weight is 301 g/mol. The normalized spacial score (nSPS) is 10.9. The molecule has 2 N–H and O–H groups in total. The maximum absolute atomic E-state index is 10.3. The van der Waals surface area contributed by atoms with Gasteiger partial charge in [0.2, 0.25) is 0 Å². The summed E-state index contributed by atoms with van der Waals surface area (Å²) in [5.41, 5.74) is 1.98. The van der Waals surface area contributed by atoms with E-state index in [4.69, 9.17) is 4.74 Å². The van der Waals surface area contributed by atoms with Crippen LogP contribution >= 0.6 is 0 Å². The summed E-state index contributed by atoms with van der Waals surface area (Å²) in [6.45, 7) is 4.31. The van der Waals surface area contributed by atoms with E-state index in [1.165, 1.54) is 5.56 Å². The number of nitrogens with zero attached hydrogens (tertiary/aromatic N) is 1. The van der Waals surface area contributed by atoms with Crippen LogP contribution in [-0.4, -0.2) is 34.9 Å². The van der Waals surface area contributed by atoms with Gasteiger partial charge in [-0.05, 0) is 18.6 Å². The summed E-state index contributed by atoms with van der Waals surface area (Å²) < 4.78 is 5.42. The van der Waals surface area contributed by atoms with Crippen molar-refractivity contribution in [2.75, 3.05) is 19.8 Å². The Kier molecular flexibility index (Phi) is 6.25. The van der Waals surface area contributed by atoms with Gasteiger partial charge in [0.05, 0.1) is 13.2 Å². The smallest absolute Gasteiger partial charge is 0.162 e. The monoisotopic (exact) mass is 301 g/mol. The van der Waals surface area contributed by atoms with Gasteiger partial charge in [0.1, 0.15) is 0 Å². The first kappa shape index (κ1) is 16.3. The summed E-state index contributed by atoms with van der Waals surface area (Å²) in [7, 11) is 0. The minimum absolute atomic E-state index is 0.0821. The Hall–Kier alpha value is -2.04. The van der Waals surface area contributed by atoms with E-state index in [9.17, 15) is 10.2 Å². The summed E-state index contributed by atoms with van der Waals surface area (Å²) in [6.07, 6.45) is 0. The molecule has 0 aliphatic carbocycles. The number of aliphatic hydroxyl groups excluding tert-OH is 1. The number of ether oxygens (including phenoxy) is 1. The molecule has 0 heterocycles. The number of phenols is 1. The first-order chi connectivity index (χ1) is 10.7. The molecule has 0 bridgehead atoms. The van der Waals surface area contributed by atoms with Crippen LogP contribution in [-0.2, 0) is 13.1 Å². The van der Waals surface area contributed by atoms with Gasteiger partial charge in [0.15, 0.2) is 11.5 Å². The topological polar surface area (TPSA) is 52.9 Å². The van der Waals surface area contributed by atoms with Crippen LogP contribution in [0.1, 0.15) is 18.1 Å². The quantitative estimate of drug-likeness (QED) is 0.787. The van der Waals surface area contributed by atoms with E-state index in [2.05, 4.69) is 17.0 Å². The van der Waals surface area contributed by atoms with Crippen LogP contribution in [0.4, 0.5) is 0 Å². The van der Waals surface area contributed by atoms with Crippen molar-refractivity contribution in [1.82, 2.24) is 4.90 Å². The number of hydrogen-bond donors (Lipinski definition) is 2. The SMILES string of the molecule is CCOc1cccc(CN(CCO)Cc2ccccc2)c1O. The Morgan fingerprint density at radius 3 is 2.45 bits per heavy atom. The van der Waals surface area contributed by atoms with Gasteiger partial charge in [-0.2, -0.15) is 0 Å². The predicted octanol–water partition coefficient (Wildman–Crippen LogP) is 2.79. The lowest BCUT2D eigenvalue weighted by atomic mass is 10.1. The van der Waals surface area contributed by atoms with Crippen molar-refractivity contribution >= 4 is 0 Å². The van der Waals surface area contributed by atoms with E-state index >= 15 is 0 Å². The van der Waals surface area contributed by atoms with Crippen LogP contribution in [0.15, 0.2) is 48.5 Å². The maximum Gasteiger partial charge on any atom is 0.162 e. The molecular formula is C18H23NO3. The molecular weight excluding hydrogens is 278 g/mol. The van der Waals surface area contributed by atoms with E-state index in [1.54, 1.807) is 6.07 Å². The Morgan fingerprint density at radius 2 is 1.77 bits per heavy atom. The minimum Gasteiger partial charge on any atom is -0.504 e. The van der Waals surface area contributed by atoms with E-state index in [-0.39, 0.29) is 12.4 Å². The number of para-hydroxylation sites is 1. The second-order valence-electron chi connectivity index (χ2n) is 5.12. The first-order valence-electron chi connectivity index (χ1n) is 7.55. The molecule has 0 atom stereocenters. The molecule has 0 aromatic heterocycles. The van der Waals surface area contributed by atoms with Crippen LogP contribution in [0.2, 0.25) is 0 Å². The number of rotatable bonds is 8. The van der Waals surface area contributed by atoms with Crippen molar-refractivity contribution in [2.45, 2.75) is 20.0 Å². The van der Waals surface area contributed by atoms with Gasteiger partial charge < -0.3 is 14.9 Å². The maximum atomic E-state index is 10.3. The van der Waals surface area contributed by atoms with Crippen LogP contribution in [0.25, 0.3) is 0 Å². The molecule has 0 aliphatic heterocycles. The van der Waals surface area contributed by atoms with Crippen LogP contribution in [0, 0.1) is 0 Å². The molecule has 0 radical (unpaired) electrons. The van der Waals surface area contributed by atoms with Gasteiger partial charge in [0.25, 0.3) is 0 Å². The Morgan fingerprint density at radius 1 is 1.00 bits per heavy atom. The van der Waals surface area contributed by atoms with Crippen molar-refractivity contribution in [1.29, 1.82) is 0 Å². The summed E-state index contributed by atoms with van der Waals surface area (Å²) in [5.74, 6) is 0.684. The number of aliphatic hydroxyl groups is 1. The zero-order valence-corrected chi connectivity index (χ0v) is 12.9. The molecule has 4 nitrogen and oxygen atoms in total. The number of aromatic hydroxyl groups is 1. The van der Waals surface area contributed by atoms with Crippen molar-refractivity contribution in [3.63, 3.8) is 0 Å². The molecule has 0 amide bonds. The van der Waals surface area contributed by atoms with Gasteiger partial charge in [-0.15, -0.1) is 0 Å². The lowest BCUT2D eigenvalue weighted by Gasteiger charge is -2.22. The predicted molar refractivity (Wildman–Crippen MR) is 86.9 cm³/mol. The van der Waals surface area contributed by atoms with Crippen LogP contribution in [0.3, 0.4) is 0 Å². The Balaban J connectivity index is 2.12. The highest BCUT2D eigenvalue weighted by Crippen LogP contribution is 2.30. The fourth-order valence-corrected chi connectivity index (χ4v) is 2.41. The molecule has 118 valence electrons. The lowest BCUT2D eigenvalue weighted by molar-refractivity contribution is 0.182. The third kappa shape index (κ3) is 4.48. The lowest BCUT2D eigenvalue weighted by Crippen LogP contribution is -2.26. The van der Waals surface area contributed by atoms with Gasteiger partial charge in [-0.1, -0.05) is 42.5 Å². The van der Waals surface area contributed by atoms with Crippen molar-refractivity contribution in [3.8, 4) is 11.5 Å². The van der Waals surface area contributed by atoms with Crippen molar-refractivity contribution in [2.24, 2.45) is 0 Å². The molecule has 2 aromatic carbocycles. The second-order valence-corrected chi connectivity index (χ2v) is 5.12. The zero-order chi connectivity index (χ0) is 15.8. The van der Waals surface area contributed by atoms with Gasteiger partial charge in [0, 0.05) is 25.2 Å². The standard InChI is InChI=1S/C18H23NO3/c1-2-22-17-10-6-9-16(18(17)21)14-19(11-12-20)13-15-7-4-3-5-8-15/h3-10,20-21H,2,11-14H2,1H3. The highest BCUT2D eigenvalue weighted by Gasteiger charge is 2.12. The molecule has 4 heteroatoms. The van der Waals surface area contributed by atoms with Gasteiger partial charge in [-0.3, -0.25) is 4.90 Å². The summed E-state index contributed by atoms with van der Waals surface area (Å²) in [6, 6.07) is 15.6. The van der Waals surface area contributed by atoms with E-state index in [0.717, 1.165) is 12.1 Å². The van der Waals surface area contributed by atoms with E-state index in [1.807, 2.05) is 37.3 Å². The number of hydrogen-bond acceptors (Lipinski definition) is 4. The van der Waals surface area contributed by atoms with E-state index in [0.29, 0.717) is 25.4 Å². The molecule has 0 unspecified atom stereocenters. The highest BCUT2D eigenvalue weighted by molar-refractivity contribution is 5.45. The molecule has 0 saturated heterocycles. The number of phenolic OH excluding ortho intramolecular Hbond substituents is 1. The summed E-state index contributed by atoms with van der Waals surface area (Å²) in [5, 5.41) is 19.6. The molecule has 0 spiro atoms. The first-order valence-corrected chi connectivity index (χ1v) is 7.55. The molecule has 2 rings (SSSR count). The van der Waals surface area contributed by atoms with Crippen LogP contribution < -0.4 is 4.74 Å². The number of benzene rings is 2. The fraction of sp³-hybridized carbons (Fsp3) is 0.333. The minimum atomic E-state index is 0.0821. The zero-order valence-electron chi connectivity index (χ0n) is 12.9. The second kappa shape index (κ2) is 8.41. The fourth-order valence-electron chi connectivity index (χ4n) is 2.41. The molecule has 22 heavy (non-hydrogen) atoms. The third-order valence-electron chi connectivity index (χ3n) is 3.44. The van der Waals surface area contributed by atoms with Crippen molar-refractivity contribution < 1.29 is 14.9 Å². The Labute approximate surface area is 131 Å².